The van der Waals surface area contributed by atoms with Gasteiger partial charge in [0.25, 0.3) is 0 Å². The third kappa shape index (κ3) is 4.74. The van der Waals surface area contributed by atoms with E-state index in [0.717, 1.165) is 22.4 Å². The zero-order chi connectivity index (χ0) is 39.3. The van der Waals surface area contributed by atoms with Crippen LogP contribution in [0.1, 0.15) is 47.2 Å². The lowest BCUT2D eigenvalue weighted by atomic mass is 9.55. The van der Waals surface area contributed by atoms with Gasteiger partial charge in [-0.25, -0.2) is 15.0 Å². The molecule has 2 heterocycles. The molecule has 4 heteroatoms. The predicted molar refractivity (Wildman–Crippen MR) is 240 cm³/mol. The van der Waals surface area contributed by atoms with Crippen LogP contribution < -0.4 is 0 Å². The van der Waals surface area contributed by atoms with Crippen LogP contribution in [0.3, 0.4) is 0 Å². The van der Waals surface area contributed by atoms with E-state index in [9.17, 15) is 0 Å². The Morgan fingerprint density at radius 1 is 0.356 bits per heavy atom. The summed E-state index contributed by atoms with van der Waals surface area (Å²) in [5.74, 6) is 1.93. The smallest absolute Gasteiger partial charge is 0.164 e. The number of para-hydroxylation sites is 2. The van der Waals surface area contributed by atoms with Crippen LogP contribution in [0.2, 0.25) is 0 Å². The van der Waals surface area contributed by atoms with Crippen molar-refractivity contribution in [3.05, 3.63) is 228 Å². The van der Waals surface area contributed by atoms with Crippen molar-refractivity contribution >= 4 is 21.8 Å². The van der Waals surface area contributed by atoms with Crippen LogP contribution in [0.15, 0.2) is 194 Å². The first kappa shape index (κ1) is 33.7. The maximum atomic E-state index is 5.24. The largest absolute Gasteiger partial charge is 0.309 e. The fourth-order valence-electron chi connectivity index (χ4n) is 10.3. The standard InChI is InChI=1S/C55H38N4/c1-54(2)45-22-10-12-24-47(45)55(48-25-13-11-23-46(48)54)43-21-9-6-18-39(43)42-34-37(30-33-44(42)55)53-57-51(35-16-4-3-5-17-35)56-52(58-53)36-28-31-38(32-29-36)59-49-26-14-7-19-40(49)41-20-8-15-27-50(41)59/h3-34H,1-2H3. The Kier molecular flexibility index (Phi) is 7.16. The van der Waals surface area contributed by atoms with Gasteiger partial charge in [0.05, 0.1) is 16.4 Å². The quantitative estimate of drug-likeness (QED) is 0.180. The Morgan fingerprint density at radius 3 is 1.41 bits per heavy atom. The average molecular weight is 755 g/mol. The molecule has 10 aromatic rings. The van der Waals surface area contributed by atoms with E-state index < -0.39 is 5.41 Å². The summed E-state index contributed by atoms with van der Waals surface area (Å²) < 4.78 is 2.34. The van der Waals surface area contributed by atoms with Gasteiger partial charge in [0.2, 0.25) is 0 Å². The normalized spacial score (nSPS) is 14.2. The molecule has 4 nitrogen and oxygen atoms in total. The van der Waals surface area contributed by atoms with E-state index in [1.807, 2.05) is 18.2 Å². The lowest BCUT2D eigenvalue weighted by Crippen LogP contribution is -2.40. The molecule has 12 rings (SSSR count). The van der Waals surface area contributed by atoms with E-state index in [0.29, 0.717) is 17.5 Å². The second-order valence-electron chi connectivity index (χ2n) is 16.4. The maximum absolute atomic E-state index is 5.24. The van der Waals surface area contributed by atoms with Gasteiger partial charge in [-0.1, -0.05) is 166 Å². The molecule has 2 aliphatic carbocycles. The third-order valence-electron chi connectivity index (χ3n) is 12.9. The molecule has 0 unspecified atom stereocenters. The highest BCUT2D eigenvalue weighted by Gasteiger charge is 2.53. The highest BCUT2D eigenvalue weighted by Crippen LogP contribution is 2.62. The van der Waals surface area contributed by atoms with Gasteiger partial charge in [0.15, 0.2) is 17.5 Å². The number of hydrogen-bond donors (Lipinski definition) is 0. The molecule has 2 aromatic heterocycles. The summed E-state index contributed by atoms with van der Waals surface area (Å²) in [6.07, 6.45) is 0. The Bertz CT molecular complexity index is 3200. The van der Waals surface area contributed by atoms with Crippen LogP contribution in [0, 0.1) is 0 Å². The summed E-state index contributed by atoms with van der Waals surface area (Å²) in [4.78, 5) is 15.5. The van der Waals surface area contributed by atoms with E-state index in [-0.39, 0.29) is 5.41 Å². The lowest BCUT2D eigenvalue weighted by molar-refractivity contribution is 0.563. The molecule has 2 aliphatic rings. The van der Waals surface area contributed by atoms with Crippen molar-refractivity contribution in [1.29, 1.82) is 0 Å². The molecule has 0 atom stereocenters. The topological polar surface area (TPSA) is 43.6 Å². The minimum atomic E-state index is -0.454. The summed E-state index contributed by atoms with van der Waals surface area (Å²) in [7, 11) is 0. The van der Waals surface area contributed by atoms with Gasteiger partial charge < -0.3 is 4.57 Å². The van der Waals surface area contributed by atoms with Crippen molar-refractivity contribution < 1.29 is 0 Å². The minimum absolute atomic E-state index is 0.146. The molecule has 0 saturated carbocycles. The third-order valence-corrected chi connectivity index (χ3v) is 12.9. The SMILES string of the molecule is CC1(C)c2ccccc2C2(c3ccccc3-c3cc(-c4nc(-c5ccccc5)nc(-c5ccc(-n6c7ccccc7c7ccccc76)cc5)n4)ccc32)c2ccccc21. The molecule has 1 spiro atoms. The number of hydrogen-bond acceptors (Lipinski definition) is 3. The van der Waals surface area contributed by atoms with Crippen molar-refractivity contribution in [2.45, 2.75) is 24.7 Å². The molecule has 8 aromatic carbocycles. The van der Waals surface area contributed by atoms with Gasteiger partial charge in [-0.3, -0.25) is 0 Å². The van der Waals surface area contributed by atoms with Crippen molar-refractivity contribution in [1.82, 2.24) is 19.5 Å². The second kappa shape index (κ2) is 12.5. The van der Waals surface area contributed by atoms with Gasteiger partial charge >= 0.3 is 0 Å². The zero-order valence-electron chi connectivity index (χ0n) is 32.8. The van der Waals surface area contributed by atoms with Crippen LogP contribution in [-0.4, -0.2) is 19.5 Å². The maximum Gasteiger partial charge on any atom is 0.164 e. The van der Waals surface area contributed by atoms with E-state index >= 15 is 0 Å². The molecule has 0 fully saturated rings. The molecule has 0 N–H and O–H groups in total. The van der Waals surface area contributed by atoms with Gasteiger partial charge in [0, 0.05) is 38.6 Å². The molecule has 59 heavy (non-hydrogen) atoms. The molecule has 0 bridgehead atoms. The van der Waals surface area contributed by atoms with E-state index in [2.05, 4.69) is 194 Å². The fraction of sp³-hybridized carbons (Fsp3) is 0.0727. The molecule has 0 saturated heterocycles. The molecule has 0 aliphatic heterocycles. The summed E-state index contributed by atoms with van der Waals surface area (Å²) >= 11 is 0. The Morgan fingerprint density at radius 2 is 0.797 bits per heavy atom. The number of nitrogens with zero attached hydrogens (tertiary/aromatic N) is 4. The monoisotopic (exact) mass is 754 g/mol. The Balaban J connectivity index is 1.03. The highest BCUT2D eigenvalue weighted by molar-refractivity contribution is 6.09. The minimum Gasteiger partial charge on any atom is -0.309 e. The number of rotatable bonds is 4. The van der Waals surface area contributed by atoms with Crippen molar-refractivity contribution in [2.75, 3.05) is 0 Å². The van der Waals surface area contributed by atoms with Crippen LogP contribution in [0.25, 0.3) is 72.8 Å². The molecular formula is C55H38N4. The van der Waals surface area contributed by atoms with Gasteiger partial charge in [-0.05, 0) is 87.0 Å². The van der Waals surface area contributed by atoms with Crippen LogP contribution >= 0.6 is 0 Å². The van der Waals surface area contributed by atoms with Crippen LogP contribution in [-0.2, 0) is 10.8 Å². The molecular weight excluding hydrogens is 717 g/mol. The van der Waals surface area contributed by atoms with Gasteiger partial charge in [-0.15, -0.1) is 0 Å². The second-order valence-corrected chi connectivity index (χ2v) is 16.4. The van der Waals surface area contributed by atoms with Crippen molar-refractivity contribution in [2.24, 2.45) is 0 Å². The molecule has 0 radical (unpaired) electrons. The van der Waals surface area contributed by atoms with E-state index in [4.69, 9.17) is 15.0 Å². The molecule has 0 amide bonds. The van der Waals surface area contributed by atoms with Crippen molar-refractivity contribution in [3.8, 4) is 51.0 Å². The van der Waals surface area contributed by atoms with Crippen LogP contribution in [0.5, 0.6) is 0 Å². The summed E-state index contributed by atoms with van der Waals surface area (Å²) in [6, 6.07) is 70.0. The summed E-state index contributed by atoms with van der Waals surface area (Å²) in [5, 5.41) is 2.48. The predicted octanol–water partition coefficient (Wildman–Crippen LogP) is 13.0. The average Bonchev–Trinajstić information content (AvgIpc) is 3.79. The lowest BCUT2D eigenvalue weighted by Gasteiger charge is -2.46. The van der Waals surface area contributed by atoms with E-state index in [1.54, 1.807) is 0 Å². The number of fused-ring (bicyclic) bond motifs is 12. The van der Waals surface area contributed by atoms with Gasteiger partial charge in [0.1, 0.15) is 0 Å². The first-order valence-electron chi connectivity index (χ1n) is 20.4. The number of benzene rings is 8. The highest BCUT2D eigenvalue weighted by atomic mass is 15.0. The number of aromatic nitrogens is 4. The molecule has 278 valence electrons. The Labute approximate surface area is 343 Å². The van der Waals surface area contributed by atoms with E-state index in [1.165, 1.54) is 66.3 Å². The first-order valence-corrected chi connectivity index (χ1v) is 20.4. The summed E-state index contributed by atoms with van der Waals surface area (Å²) in [5.41, 5.74) is 16.2. The zero-order valence-corrected chi connectivity index (χ0v) is 32.8. The van der Waals surface area contributed by atoms with Crippen molar-refractivity contribution in [3.63, 3.8) is 0 Å². The first-order chi connectivity index (χ1) is 29.0. The van der Waals surface area contributed by atoms with Crippen LogP contribution in [0.4, 0.5) is 0 Å². The summed E-state index contributed by atoms with van der Waals surface area (Å²) in [6.45, 7) is 4.73. The fourth-order valence-corrected chi connectivity index (χ4v) is 10.3. The Hall–Kier alpha value is -7.43. The van der Waals surface area contributed by atoms with Gasteiger partial charge in [-0.2, -0.15) is 0 Å².